The Kier molecular flexibility index (Phi) is 1.20. The molecule has 0 heterocycles. The minimum absolute atomic E-state index is 0.200. The molecule has 0 spiro atoms. The van der Waals surface area contributed by atoms with Crippen molar-refractivity contribution >= 4 is 5.78 Å². The van der Waals surface area contributed by atoms with Crippen LogP contribution in [0, 0.1) is 5.82 Å². The molecule has 0 saturated heterocycles. The number of rotatable bonds is 1. The Morgan fingerprint density at radius 1 is 1.50 bits per heavy atom. The summed E-state index contributed by atoms with van der Waals surface area (Å²) in [6, 6.07) is 4.81. The van der Waals surface area contributed by atoms with Crippen LogP contribution in [0.15, 0.2) is 24.3 Å². The smallest absolute Gasteiger partial charge is 0.159 e. The van der Waals surface area contributed by atoms with Crippen LogP contribution in [-0.2, 0) is 0 Å². The van der Waals surface area contributed by atoms with Gasteiger partial charge >= 0.3 is 0 Å². The van der Waals surface area contributed by atoms with Crippen LogP contribution in [0.25, 0.3) is 0 Å². The number of benzene rings is 1. The first-order valence-electron chi connectivity index (χ1n) is 3.91. The fraction of sp³-hybridized carbons (Fsp3) is 0.125. The lowest BCUT2D eigenvalue weighted by Gasteiger charge is -1.91. The van der Waals surface area contributed by atoms with Gasteiger partial charge in [-0.05, 0) is 31.1 Å². The van der Waals surface area contributed by atoms with E-state index >= 15 is 0 Å². The van der Waals surface area contributed by atoms with Crippen LogP contribution < -0.4 is 0 Å². The molecule has 0 amide bonds. The van der Waals surface area contributed by atoms with Gasteiger partial charge in [-0.15, -0.1) is 0 Å². The summed E-state index contributed by atoms with van der Waals surface area (Å²) in [5.74, 6) is -1.05. The molecule has 0 aliphatic heterocycles. The Bertz CT molecular complexity index is 282. The molecule has 10 heavy (non-hydrogen) atoms. The molecule has 1 rings (SSSR count). The topological polar surface area (TPSA) is 17.1 Å². The van der Waals surface area contributed by atoms with Crippen LogP contribution >= 0.6 is 0 Å². The van der Waals surface area contributed by atoms with E-state index in [4.69, 9.17) is 2.74 Å². The zero-order chi connectivity index (χ0) is 9.14. The van der Waals surface area contributed by atoms with Crippen LogP contribution in [0.4, 0.5) is 4.39 Å². The summed E-state index contributed by atoms with van der Waals surface area (Å²) in [5, 5.41) is 0. The van der Waals surface area contributed by atoms with Crippen molar-refractivity contribution in [2.24, 2.45) is 0 Å². The number of carbonyl (C=O) groups excluding carboxylic acids is 1. The van der Waals surface area contributed by atoms with E-state index in [0.29, 0.717) is 0 Å². The zero-order valence-corrected chi connectivity index (χ0v) is 5.17. The molecule has 0 bridgehead atoms. The van der Waals surface area contributed by atoms with E-state index in [1.54, 1.807) is 0 Å². The number of Topliss-reactive ketones (excluding diaryl/α,β-unsaturated/α-hetero) is 1. The van der Waals surface area contributed by atoms with Gasteiger partial charge in [0.2, 0.25) is 0 Å². The molecular formula is C8H7FO. The summed E-state index contributed by atoms with van der Waals surface area (Å²) in [4.78, 5) is 11.0. The van der Waals surface area contributed by atoms with Gasteiger partial charge in [-0.2, -0.15) is 0 Å². The number of ketones is 1. The highest BCUT2D eigenvalue weighted by atomic mass is 19.1. The summed E-state index contributed by atoms with van der Waals surface area (Å²) in [6.45, 7) is -1.53. The fourth-order valence-corrected chi connectivity index (χ4v) is 0.614. The van der Waals surface area contributed by atoms with Crippen molar-refractivity contribution < 1.29 is 11.9 Å². The molecule has 52 valence electrons. The lowest BCUT2D eigenvalue weighted by molar-refractivity contribution is 0.101. The number of hydrogen-bond acceptors (Lipinski definition) is 1. The van der Waals surface area contributed by atoms with E-state index in [1.807, 2.05) is 0 Å². The molecule has 2 heteroatoms. The van der Waals surface area contributed by atoms with E-state index in [1.165, 1.54) is 12.1 Å². The predicted octanol–water partition coefficient (Wildman–Crippen LogP) is 2.03. The third-order valence-electron chi connectivity index (χ3n) is 1.13. The van der Waals surface area contributed by atoms with Gasteiger partial charge < -0.3 is 0 Å². The first-order chi connectivity index (χ1) is 5.61. The highest BCUT2D eigenvalue weighted by Crippen LogP contribution is 2.02. The van der Waals surface area contributed by atoms with Gasteiger partial charge in [0.15, 0.2) is 5.78 Å². The average molecular weight is 140 g/mol. The Morgan fingerprint density at radius 2 is 2.10 bits per heavy atom. The molecule has 0 radical (unpaired) electrons. The SMILES string of the molecule is [2H]C([2H])C(=O)c1ccc(F)cc1. The standard InChI is InChI=1S/C8H7FO/c1-6(10)7-2-4-8(9)5-3-7/h2-5H,1H3/i1D2. The molecule has 0 saturated carbocycles. The maximum Gasteiger partial charge on any atom is 0.159 e. The molecule has 1 aromatic rings. The second kappa shape index (κ2) is 2.60. The predicted molar refractivity (Wildman–Crippen MR) is 36.4 cm³/mol. The monoisotopic (exact) mass is 140 g/mol. The fourth-order valence-electron chi connectivity index (χ4n) is 0.614. The second-order valence-corrected chi connectivity index (χ2v) is 1.87. The molecule has 0 aliphatic rings. The first-order valence-corrected chi connectivity index (χ1v) is 2.75. The molecule has 0 N–H and O–H groups in total. The molecule has 0 aliphatic carbocycles. The van der Waals surface area contributed by atoms with Crippen LogP contribution in [0.5, 0.6) is 0 Å². The van der Waals surface area contributed by atoms with Crippen LogP contribution in [-0.4, -0.2) is 5.78 Å². The summed E-state index contributed by atoms with van der Waals surface area (Å²) in [5.41, 5.74) is 0.200. The maximum absolute atomic E-state index is 12.3. The highest BCUT2D eigenvalue weighted by Gasteiger charge is 1.96. The van der Waals surface area contributed by atoms with Gasteiger partial charge in [-0.3, -0.25) is 4.79 Å². The number of halogens is 1. The summed E-state index contributed by atoms with van der Waals surface area (Å²) in [6.07, 6.45) is 0. The van der Waals surface area contributed by atoms with E-state index in [9.17, 15) is 9.18 Å². The lowest BCUT2D eigenvalue weighted by atomic mass is 10.1. The van der Waals surface area contributed by atoms with Gasteiger partial charge in [0.1, 0.15) is 5.82 Å². The summed E-state index contributed by atoms with van der Waals surface area (Å²) >= 11 is 0. The molecule has 0 aromatic heterocycles. The minimum Gasteiger partial charge on any atom is -0.295 e. The lowest BCUT2D eigenvalue weighted by Crippen LogP contribution is -1.90. The normalized spacial score (nSPS) is 12.6. The van der Waals surface area contributed by atoms with Crippen molar-refractivity contribution in [3.05, 3.63) is 35.6 Å². The summed E-state index contributed by atoms with van der Waals surface area (Å²) < 4.78 is 25.9. The van der Waals surface area contributed by atoms with Gasteiger partial charge in [-0.25, -0.2) is 4.39 Å². The summed E-state index contributed by atoms with van der Waals surface area (Å²) in [7, 11) is 0. The van der Waals surface area contributed by atoms with Gasteiger partial charge in [0, 0.05) is 8.30 Å². The average Bonchev–Trinajstić information content (AvgIpc) is 2.04. The third-order valence-corrected chi connectivity index (χ3v) is 1.13. The molecule has 1 aromatic carbocycles. The van der Waals surface area contributed by atoms with E-state index in [-0.39, 0.29) is 5.56 Å². The van der Waals surface area contributed by atoms with Crippen LogP contribution in [0.1, 0.15) is 20.0 Å². The zero-order valence-electron chi connectivity index (χ0n) is 7.17. The van der Waals surface area contributed by atoms with E-state index < -0.39 is 18.5 Å². The largest absolute Gasteiger partial charge is 0.295 e. The minimum atomic E-state index is -1.53. The highest BCUT2D eigenvalue weighted by molar-refractivity contribution is 5.93. The van der Waals surface area contributed by atoms with Crippen molar-refractivity contribution in [2.75, 3.05) is 0 Å². The number of hydrogen-bond donors (Lipinski definition) is 0. The van der Waals surface area contributed by atoms with Gasteiger partial charge in [-0.1, -0.05) is 0 Å². The van der Waals surface area contributed by atoms with Crippen molar-refractivity contribution in [2.45, 2.75) is 6.88 Å². The van der Waals surface area contributed by atoms with Crippen molar-refractivity contribution in [3.8, 4) is 0 Å². The van der Waals surface area contributed by atoms with E-state index in [2.05, 4.69) is 0 Å². The molecule has 1 nitrogen and oxygen atoms in total. The Labute approximate surface area is 61.3 Å². The Hall–Kier alpha value is -1.18. The Balaban J connectivity index is 2.90. The Morgan fingerprint density at radius 3 is 2.60 bits per heavy atom. The van der Waals surface area contributed by atoms with Crippen LogP contribution in [0.3, 0.4) is 0 Å². The third kappa shape index (κ3) is 1.41. The molecule has 0 fully saturated rings. The molecule has 0 atom stereocenters. The van der Waals surface area contributed by atoms with E-state index in [0.717, 1.165) is 12.1 Å². The van der Waals surface area contributed by atoms with Crippen molar-refractivity contribution in [1.82, 2.24) is 0 Å². The maximum atomic E-state index is 12.3. The first kappa shape index (κ1) is 4.61. The quantitative estimate of drug-likeness (QED) is 0.545. The van der Waals surface area contributed by atoms with Gasteiger partial charge in [0.05, 0.1) is 0 Å². The second-order valence-electron chi connectivity index (χ2n) is 1.87. The van der Waals surface area contributed by atoms with Gasteiger partial charge in [0.25, 0.3) is 0 Å². The molecular weight excluding hydrogens is 131 g/mol. The van der Waals surface area contributed by atoms with Crippen molar-refractivity contribution in [1.29, 1.82) is 0 Å². The number of carbonyl (C=O) groups is 1. The van der Waals surface area contributed by atoms with Crippen molar-refractivity contribution in [3.63, 3.8) is 0 Å². The van der Waals surface area contributed by atoms with Crippen LogP contribution in [0.2, 0.25) is 0 Å². The molecule has 0 unspecified atom stereocenters.